The zero-order valence-corrected chi connectivity index (χ0v) is 35.1. The Morgan fingerprint density at radius 3 is 2.38 bits per heavy atom. The minimum absolute atomic E-state index is 0.0242. The van der Waals surface area contributed by atoms with Crippen LogP contribution in [0.5, 0.6) is 0 Å². The fourth-order valence-corrected chi connectivity index (χ4v) is 8.11. The number of hydrogen-bond donors (Lipinski definition) is 4. The summed E-state index contributed by atoms with van der Waals surface area (Å²) in [5.41, 5.74) is 0.105. The van der Waals surface area contributed by atoms with Crippen molar-refractivity contribution in [3.63, 3.8) is 0 Å². The van der Waals surface area contributed by atoms with Gasteiger partial charge < -0.3 is 49.2 Å². The van der Waals surface area contributed by atoms with Gasteiger partial charge in [-0.15, -0.1) is 0 Å². The summed E-state index contributed by atoms with van der Waals surface area (Å²) in [6.07, 6.45) is 6.74. The predicted molar refractivity (Wildman–Crippen MR) is 216 cm³/mol. The van der Waals surface area contributed by atoms with Crippen molar-refractivity contribution in [1.29, 1.82) is 0 Å². The number of carbonyl (C=O) groups is 2. The van der Waals surface area contributed by atoms with E-state index in [2.05, 4.69) is 62.2 Å². The van der Waals surface area contributed by atoms with E-state index in [0.29, 0.717) is 12.1 Å². The lowest BCUT2D eigenvalue weighted by Gasteiger charge is -2.37. The second-order valence-electron chi connectivity index (χ2n) is 16.7. The first-order valence-corrected chi connectivity index (χ1v) is 20.3. The fraction of sp³-hybridized carbons (Fsp3) is 0.682. The Labute approximate surface area is 334 Å². The number of epoxide rings is 1. The van der Waals surface area contributed by atoms with E-state index in [1.165, 1.54) is 6.92 Å². The molecule has 0 radical (unpaired) electrons. The summed E-state index contributed by atoms with van der Waals surface area (Å²) < 4.78 is 29.3. The third-order valence-corrected chi connectivity index (χ3v) is 11.4. The molecular weight excluding hydrogens is 716 g/mol. The summed E-state index contributed by atoms with van der Waals surface area (Å²) in [6.45, 7) is 18.9. The van der Waals surface area contributed by atoms with Crippen molar-refractivity contribution in [3.05, 3.63) is 65.8 Å². The van der Waals surface area contributed by atoms with Crippen LogP contribution in [0.1, 0.15) is 93.6 Å². The summed E-state index contributed by atoms with van der Waals surface area (Å²) in [5, 5.41) is 37.4. The molecule has 56 heavy (non-hydrogen) atoms. The molecule has 0 bridgehead atoms. The molecule has 1 aromatic rings. The molecule has 12 nitrogen and oxygen atoms in total. The zero-order chi connectivity index (χ0) is 41.4. The highest BCUT2D eigenvalue weighted by Crippen LogP contribution is 2.39. The molecule has 0 aromatic heterocycles. The summed E-state index contributed by atoms with van der Waals surface area (Å²) in [7, 11) is 1.72. The second kappa shape index (κ2) is 20.0. The number of allylic oxidation sites excluding steroid dienone is 2. The maximum absolute atomic E-state index is 13.0. The van der Waals surface area contributed by atoms with Crippen LogP contribution in [0.25, 0.3) is 0 Å². The van der Waals surface area contributed by atoms with Crippen LogP contribution in [0.2, 0.25) is 0 Å². The van der Waals surface area contributed by atoms with Crippen LogP contribution in [0, 0.1) is 11.8 Å². The Morgan fingerprint density at radius 2 is 1.77 bits per heavy atom. The lowest BCUT2D eigenvalue weighted by molar-refractivity contribution is -0.157. The lowest BCUT2D eigenvalue weighted by atomic mass is 9.87. The highest BCUT2D eigenvalue weighted by atomic mass is 16.6. The summed E-state index contributed by atoms with van der Waals surface area (Å²) in [5.74, 6) is -1.38. The number of esters is 2. The van der Waals surface area contributed by atoms with E-state index in [-0.39, 0.29) is 61.6 Å². The number of rotatable bonds is 14. The summed E-state index contributed by atoms with van der Waals surface area (Å²) >= 11 is 0. The van der Waals surface area contributed by atoms with Gasteiger partial charge in [-0.25, -0.2) is 0 Å². The Bertz CT molecular complexity index is 1510. The van der Waals surface area contributed by atoms with Crippen molar-refractivity contribution < 1.29 is 48.6 Å². The maximum Gasteiger partial charge on any atom is 0.309 e. The van der Waals surface area contributed by atoms with Crippen LogP contribution in [-0.4, -0.2) is 114 Å². The van der Waals surface area contributed by atoms with Crippen molar-refractivity contribution in [1.82, 2.24) is 5.32 Å². The summed E-state index contributed by atoms with van der Waals surface area (Å²) in [6, 6.07) is 8.03. The third-order valence-electron chi connectivity index (χ3n) is 11.4. The molecule has 13 atom stereocenters. The van der Waals surface area contributed by atoms with Crippen LogP contribution in [0.15, 0.2) is 60.2 Å². The zero-order valence-electron chi connectivity index (χ0n) is 35.1. The minimum atomic E-state index is -1.46. The maximum atomic E-state index is 13.0. The Kier molecular flexibility index (Phi) is 16.3. The van der Waals surface area contributed by atoms with Crippen LogP contribution in [-0.2, 0) is 39.8 Å². The van der Waals surface area contributed by atoms with Gasteiger partial charge in [-0.1, -0.05) is 57.2 Å². The number of aliphatic hydroxyl groups excluding tert-OH is 1. The van der Waals surface area contributed by atoms with E-state index in [0.717, 1.165) is 30.8 Å². The van der Waals surface area contributed by atoms with Crippen LogP contribution in [0.4, 0.5) is 5.69 Å². The highest BCUT2D eigenvalue weighted by molar-refractivity contribution is 5.70. The monoisotopic (exact) mass is 784 g/mol. The van der Waals surface area contributed by atoms with Crippen molar-refractivity contribution in [2.75, 3.05) is 25.1 Å². The number of nitrogens with one attached hydrogen (secondary N) is 1. The van der Waals surface area contributed by atoms with Crippen molar-refractivity contribution in [3.8, 4) is 0 Å². The number of cyclic esters (lactones) is 1. The largest absolute Gasteiger partial charge is 0.457 e. The molecule has 3 aliphatic rings. The van der Waals surface area contributed by atoms with Gasteiger partial charge >= 0.3 is 11.9 Å². The Balaban J connectivity index is 1.55. The quantitative estimate of drug-likeness (QED) is 0.0850. The first-order valence-electron chi connectivity index (χ1n) is 20.3. The number of morpholine rings is 1. The number of hydrogen-bond acceptors (Lipinski definition) is 12. The highest BCUT2D eigenvalue weighted by Gasteiger charge is 2.54. The van der Waals surface area contributed by atoms with Gasteiger partial charge in [-0.05, 0) is 83.2 Å². The Hall–Kier alpha value is -3.10. The number of ether oxygens (including phenoxy) is 5. The standard InChI is InChI=1S/C44H68N2O10/c1-11-36(52-10)31(6)40-41(56-40)42(45-24-33-15-17-34(18-16-33)46-25-29(4)53-30(5)26-46)44(9,51)21-12-13-27(2)39-28(3)14-19-37(54-32(7)47)43(8,50)22-20-35(48)23-38(49)55-39/h12-19,21,28-31,35-37,39-42,45,48,50-51H,11,20,22-26H2,1-10H3/b19-14+,21-12+,27-13+/t28-,29?,30?,31+,35+,36-,37-,39+,40+,41-,42?,43+,44?/m0/s1. The van der Waals surface area contributed by atoms with E-state index >= 15 is 0 Å². The molecule has 12 heteroatoms. The van der Waals surface area contributed by atoms with Crippen LogP contribution >= 0.6 is 0 Å². The molecule has 2 fully saturated rings. The minimum Gasteiger partial charge on any atom is -0.457 e. The van der Waals surface area contributed by atoms with Gasteiger partial charge in [-0.3, -0.25) is 9.59 Å². The molecule has 0 amide bonds. The van der Waals surface area contributed by atoms with Gasteiger partial charge in [0.05, 0.1) is 48.6 Å². The molecule has 1 aromatic carbocycles. The molecule has 3 heterocycles. The van der Waals surface area contributed by atoms with Crippen LogP contribution < -0.4 is 10.2 Å². The van der Waals surface area contributed by atoms with Crippen LogP contribution in [0.3, 0.4) is 0 Å². The number of nitrogens with zero attached hydrogens (tertiary/aromatic N) is 1. The van der Waals surface area contributed by atoms with Gasteiger partial charge in [-0.2, -0.15) is 0 Å². The average molecular weight is 785 g/mol. The smallest absolute Gasteiger partial charge is 0.309 e. The van der Waals surface area contributed by atoms with E-state index < -0.39 is 47.5 Å². The SMILES string of the molecule is CC[C@H](OC)[C@@H](C)[C@H]1O[C@@H]1C(NCc1ccc(N2CC(C)OC(C)C2)cc1)C(C)(O)/C=C/C=C(\C)[C@H]1OC(=O)C[C@H](O)CC[C@@](C)(O)[C@@H](OC(C)=O)/C=C/[C@@H]1C. The Morgan fingerprint density at radius 1 is 1.11 bits per heavy atom. The normalized spacial score (nSPS) is 34.0. The summed E-state index contributed by atoms with van der Waals surface area (Å²) in [4.78, 5) is 27.2. The van der Waals surface area contributed by atoms with Gasteiger partial charge in [0.15, 0.2) is 0 Å². The first-order chi connectivity index (χ1) is 26.3. The van der Waals surface area contributed by atoms with Gasteiger partial charge in [0.2, 0.25) is 0 Å². The van der Waals surface area contributed by atoms with E-state index in [1.54, 1.807) is 51.3 Å². The molecule has 4 N–H and O–H groups in total. The van der Waals surface area contributed by atoms with Crippen molar-refractivity contribution in [2.24, 2.45) is 11.8 Å². The third kappa shape index (κ3) is 12.7. The predicted octanol–water partition coefficient (Wildman–Crippen LogP) is 5.17. The number of carbonyl (C=O) groups excluding carboxylic acids is 2. The molecule has 314 valence electrons. The molecular formula is C44H68N2O10. The second-order valence-corrected chi connectivity index (χ2v) is 16.7. The van der Waals surface area contributed by atoms with E-state index in [9.17, 15) is 24.9 Å². The number of anilines is 1. The lowest BCUT2D eigenvalue weighted by Crippen LogP contribution is -2.52. The molecule has 4 unspecified atom stereocenters. The van der Waals surface area contributed by atoms with Gasteiger partial charge in [0.1, 0.15) is 23.9 Å². The molecule has 2 saturated heterocycles. The molecule has 3 aliphatic heterocycles. The average Bonchev–Trinajstić information content (AvgIpc) is 3.91. The van der Waals surface area contributed by atoms with Crippen molar-refractivity contribution >= 4 is 17.6 Å². The molecule has 4 rings (SSSR count). The first kappa shape index (κ1) is 45.6. The fourth-order valence-electron chi connectivity index (χ4n) is 8.11. The van der Waals surface area contributed by atoms with Gasteiger partial charge in [0, 0.05) is 51.2 Å². The molecule has 0 spiro atoms. The number of methoxy groups -OCH3 is 1. The topological polar surface area (TPSA) is 160 Å². The number of aliphatic hydroxyl groups is 3. The van der Waals surface area contributed by atoms with Gasteiger partial charge in [0.25, 0.3) is 0 Å². The van der Waals surface area contributed by atoms with E-state index in [4.69, 9.17) is 23.7 Å². The van der Waals surface area contributed by atoms with E-state index in [1.807, 2.05) is 13.8 Å². The molecule has 0 aliphatic carbocycles. The number of benzene rings is 1. The molecule has 0 saturated carbocycles. The van der Waals surface area contributed by atoms with Crippen molar-refractivity contribution in [2.45, 2.75) is 161 Å².